The van der Waals surface area contributed by atoms with E-state index in [4.69, 9.17) is 5.11 Å². The van der Waals surface area contributed by atoms with Crippen LogP contribution in [0.4, 0.5) is 0 Å². The monoisotopic (exact) mass is 241 g/mol. The van der Waals surface area contributed by atoms with Crippen molar-refractivity contribution in [1.29, 1.82) is 0 Å². The Bertz CT molecular complexity index is 397. The van der Waals surface area contributed by atoms with Crippen LogP contribution in [0.25, 0.3) is 0 Å². The summed E-state index contributed by atoms with van der Waals surface area (Å²) in [6, 6.07) is 0. The molecule has 0 amide bonds. The number of aromatic nitrogens is 1. The molecule has 4 nitrogen and oxygen atoms in total. The number of thiazole rings is 1. The Morgan fingerprint density at radius 2 is 1.94 bits per heavy atom. The second-order valence-electron chi connectivity index (χ2n) is 4.88. The zero-order valence-electron chi connectivity index (χ0n) is 9.83. The van der Waals surface area contributed by atoms with Gasteiger partial charge in [-0.1, -0.05) is 20.8 Å². The number of hydrogen-bond donors (Lipinski definition) is 1. The zero-order valence-corrected chi connectivity index (χ0v) is 10.6. The van der Waals surface area contributed by atoms with Crippen LogP contribution in [0.1, 0.15) is 52.9 Å². The van der Waals surface area contributed by atoms with Crippen LogP contribution in [0.3, 0.4) is 0 Å². The summed E-state index contributed by atoms with van der Waals surface area (Å²) < 4.78 is 0. The highest BCUT2D eigenvalue weighted by Gasteiger charge is 2.22. The van der Waals surface area contributed by atoms with Crippen molar-refractivity contribution in [2.75, 3.05) is 0 Å². The summed E-state index contributed by atoms with van der Waals surface area (Å²) in [6.45, 7) is 7.49. The Balaban J connectivity index is 3.12. The fourth-order valence-electron chi connectivity index (χ4n) is 1.28. The molecule has 0 aliphatic rings. The molecule has 1 heterocycles. The third-order valence-electron chi connectivity index (χ3n) is 1.88. The van der Waals surface area contributed by atoms with Gasteiger partial charge in [-0.05, 0) is 5.41 Å². The molecule has 88 valence electrons. The molecule has 0 radical (unpaired) electrons. The summed E-state index contributed by atoms with van der Waals surface area (Å²) in [5.41, 5.74) is -0.0847. The van der Waals surface area contributed by atoms with Crippen molar-refractivity contribution in [2.45, 2.75) is 34.1 Å². The molecule has 0 saturated heterocycles. The number of aromatic carboxylic acids is 1. The van der Waals surface area contributed by atoms with Crippen LogP contribution >= 0.6 is 11.3 Å². The molecular weight excluding hydrogens is 226 g/mol. The summed E-state index contributed by atoms with van der Waals surface area (Å²) in [6.07, 6.45) is 0.672. The number of carboxylic acid groups (broad SMARTS) is 1. The van der Waals surface area contributed by atoms with E-state index >= 15 is 0 Å². The van der Waals surface area contributed by atoms with Crippen LogP contribution in [0.5, 0.6) is 0 Å². The smallest absolute Gasteiger partial charge is 0.356 e. The van der Waals surface area contributed by atoms with E-state index in [1.54, 1.807) is 0 Å². The molecule has 1 N–H and O–H groups in total. The lowest BCUT2D eigenvalue weighted by atomic mass is 9.93. The fourth-order valence-corrected chi connectivity index (χ4v) is 2.53. The molecule has 0 atom stereocenters. The molecular formula is C11H15NO3S. The Kier molecular flexibility index (Phi) is 3.48. The standard InChI is InChI=1S/C11H15NO3S/c1-6(13)9-8(10(14)15)12-7(16-9)5-11(2,3)4/h5H2,1-4H3,(H,14,15). The number of carbonyl (C=O) groups is 2. The normalized spacial score (nSPS) is 11.5. The molecule has 0 saturated carbocycles. The Labute approximate surface area is 98.3 Å². The van der Waals surface area contributed by atoms with Crippen LogP contribution in [0.2, 0.25) is 0 Å². The molecule has 0 aromatic carbocycles. The topological polar surface area (TPSA) is 67.3 Å². The van der Waals surface area contributed by atoms with Gasteiger partial charge in [0.2, 0.25) is 0 Å². The molecule has 0 spiro atoms. The van der Waals surface area contributed by atoms with Gasteiger partial charge < -0.3 is 5.11 Å². The zero-order chi connectivity index (χ0) is 12.5. The van der Waals surface area contributed by atoms with Crippen LogP contribution in [-0.4, -0.2) is 21.8 Å². The summed E-state index contributed by atoms with van der Waals surface area (Å²) in [5, 5.41) is 9.62. The SMILES string of the molecule is CC(=O)c1sc(CC(C)(C)C)nc1C(=O)O. The third kappa shape index (κ3) is 3.13. The van der Waals surface area contributed by atoms with E-state index in [9.17, 15) is 9.59 Å². The maximum atomic E-state index is 11.3. The van der Waals surface area contributed by atoms with E-state index in [2.05, 4.69) is 4.98 Å². The molecule has 0 aliphatic carbocycles. The van der Waals surface area contributed by atoms with Crippen molar-refractivity contribution in [3.8, 4) is 0 Å². The highest BCUT2D eigenvalue weighted by Crippen LogP contribution is 2.26. The van der Waals surface area contributed by atoms with Gasteiger partial charge in [0.1, 0.15) is 4.88 Å². The summed E-state index contributed by atoms with van der Waals surface area (Å²) in [4.78, 5) is 26.4. The second-order valence-corrected chi connectivity index (χ2v) is 5.97. The first kappa shape index (κ1) is 12.8. The van der Waals surface area contributed by atoms with Gasteiger partial charge in [-0.15, -0.1) is 11.3 Å². The van der Waals surface area contributed by atoms with Crippen molar-refractivity contribution >= 4 is 23.1 Å². The van der Waals surface area contributed by atoms with E-state index in [1.807, 2.05) is 20.8 Å². The highest BCUT2D eigenvalue weighted by molar-refractivity contribution is 7.14. The van der Waals surface area contributed by atoms with E-state index in [0.717, 1.165) is 0 Å². The van der Waals surface area contributed by atoms with Gasteiger partial charge in [0.05, 0.1) is 5.01 Å². The molecule has 0 fully saturated rings. The number of ketones is 1. The van der Waals surface area contributed by atoms with Crippen LogP contribution < -0.4 is 0 Å². The van der Waals surface area contributed by atoms with E-state index in [1.165, 1.54) is 18.3 Å². The molecule has 1 aromatic heterocycles. The molecule has 1 rings (SSSR count). The highest BCUT2D eigenvalue weighted by atomic mass is 32.1. The lowest BCUT2D eigenvalue weighted by molar-refractivity contribution is 0.0686. The van der Waals surface area contributed by atoms with E-state index in [0.29, 0.717) is 11.4 Å². The third-order valence-corrected chi connectivity index (χ3v) is 3.03. The average molecular weight is 241 g/mol. The van der Waals surface area contributed by atoms with E-state index < -0.39 is 5.97 Å². The van der Waals surface area contributed by atoms with E-state index in [-0.39, 0.29) is 21.8 Å². The molecule has 0 aliphatic heterocycles. The largest absolute Gasteiger partial charge is 0.476 e. The Morgan fingerprint density at radius 1 is 1.38 bits per heavy atom. The van der Waals surface area contributed by atoms with Gasteiger partial charge in [0.15, 0.2) is 11.5 Å². The maximum Gasteiger partial charge on any atom is 0.356 e. The number of carboxylic acids is 1. The van der Waals surface area contributed by atoms with Crippen LogP contribution in [-0.2, 0) is 6.42 Å². The first-order chi connectivity index (χ1) is 7.20. The van der Waals surface area contributed by atoms with Gasteiger partial charge >= 0.3 is 5.97 Å². The van der Waals surface area contributed by atoms with Gasteiger partial charge in [-0.2, -0.15) is 0 Å². The lowest BCUT2D eigenvalue weighted by Crippen LogP contribution is -2.09. The summed E-state index contributed by atoms with van der Waals surface area (Å²) >= 11 is 1.18. The van der Waals surface area contributed by atoms with Crippen molar-refractivity contribution in [1.82, 2.24) is 4.98 Å². The number of hydrogen-bond acceptors (Lipinski definition) is 4. The van der Waals surface area contributed by atoms with Crippen molar-refractivity contribution in [2.24, 2.45) is 5.41 Å². The first-order valence-corrected chi connectivity index (χ1v) is 5.76. The van der Waals surface area contributed by atoms with Crippen molar-refractivity contribution in [3.05, 3.63) is 15.6 Å². The quantitative estimate of drug-likeness (QED) is 0.826. The van der Waals surface area contributed by atoms with Crippen molar-refractivity contribution in [3.63, 3.8) is 0 Å². The first-order valence-electron chi connectivity index (χ1n) is 4.94. The number of Topliss-reactive ketones (excluding diaryl/α,β-unsaturated/α-hetero) is 1. The molecule has 1 aromatic rings. The van der Waals surface area contributed by atoms with Crippen LogP contribution in [0, 0.1) is 5.41 Å². The van der Waals surface area contributed by atoms with Gasteiger partial charge in [-0.3, -0.25) is 4.79 Å². The second kappa shape index (κ2) is 4.33. The number of nitrogens with zero attached hydrogens (tertiary/aromatic N) is 1. The molecule has 16 heavy (non-hydrogen) atoms. The van der Waals surface area contributed by atoms with Gasteiger partial charge in [0, 0.05) is 13.3 Å². The number of carbonyl (C=O) groups excluding carboxylic acids is 1. The molecule has 0 bridgehead atoms. The van der Waals surface area contributed by atoms with Crippen LogP contribution in [0.15, 0.2) is 0 Å². The van der Waals surface area contributed by atoms with Gasteiger partial charge in [0.25, 0.3) is 0 Å². The predicted octanol–water partition coefficient (Wildman–Crippen LogP) is 2.63. The van der Waals surface area contributed by atoms with Gasteiger partial charge in [-0.25, -0.2) is 9.78 Å². The minimum Gasteiger partial charge on any atom is -0.476 e. The fraction of sp³-hybridized carbons (Fsp3) is 0.545. The Hall–Kier alpha value is -1.23. The molecule has 5 heteroatoms. The number of rotatable bonds is 3. The Morgan fingerprint density at radius 3 is 2.25 bits per heavy atom. The average Bonchev–Trinajstić information content (AvgIpc) is 2.44. The minimum absolute atomic E-state index is 0.0295. The minimum atomic E-state index is -1.14. The predicted molar refractivity (Wildman–Crippen MR) is 62.2 cm³/mol. The summed E-state index contributed by atoms with van der Waals surface area (Å²) in [5.74, 6) is -1.38. The maximum absolute atomic E-state index is 11.3. The summed E-state index contributed by atoms with van der Waals surface area (Å²) in [7, 11) is 0. The molecule has 0 unspecified atom stereocenters. The lowest BCUT2D eigenvalue weighted by Gasteiger charge is -2.15. The van der Waals surface area contributed by atoms with Crippen molar-refractivity contribution < 1.29 is 14.7 Å².